The number of hydrogen-bond acceptors (Lipinski definition) is 0. The van der Waals surface area contributed by atoms with Crippen molar-refractivity contribution < 1.29 is 40.8 Å². The maximum atomic E-state index is 2.30. The Labute approximate surface area is 717 Å². The first-order valence-electron chi connectivity index (χ1n) is 38.7. The zero-order valence-corrected chi connectivity index (χ0v) is 80.0. The van der Waals surface area contributed by atoms with Crippen LogP contribution in [0.15, 0.2) is 485 Å². The molecule has 0 fully saturated rings. The Balaban J connectivity index is 0.000000149. The van der Waals surface area contributed by atoms with Gasteiger partial charge in [0.2, 0.25) is 0 Å². The van der Waals surface area contributed by atoms with Crippen molar-refractivity contribution in [3.05, 3.63) is 485 Å². The van der Waals surface area contributed by atoms with Crippen molar-refractivity contribution in [2.75, 3.05) is 49.3 Å². The van der Waals surface area contributed by atoms with E-state index < -0.39 is 0 Å². The molecule has 0 bridgehead atoms. The van der Waals surface area contributed by atoms with Crippen molar-refractivity contribution >= 4 is 148 Å². The molecule has 16 aromatic rings. The van der Waals surface area contributed by atoms with Gasteiger partial charge >= 0.3 is 40.8 Å². The van der Waals surface area contributed by atoms with Crippen molar-refractivity contribution in [3.63, 3.8) is 0 Å². The van der Waals surface area contributed by atoms with Gasteiger partial charge in [0.15, 0.2) is 0 Å². The fourth-order valence-corrected chi connectivity index (χ4v) is 35.2. The summed E-state index contributed by atoms with van der Waals surface area (Å²) in [5.41, 5.74) is 0. The molecule has 574 valence electrons. The normalized spacial score (nSPS) is 10.9. The number of benzene rings is 16. The monoisotopic (exact) mass is 1970 g/mol. The molecule has 114 heavy (non-hydrogen) atoms. The van der Waals surface area contributed by atoms with Crippen molar-refractivity contribution in [3.8, 4) is 0 Å². The third kappa shape index (κ3) is 26.7. The summed E-state index contributed by atoms with van der Waals surface area (Å²) in [6, 6.07) is 177. The second kappa shape index (κ2) is 49.4. The molecule has 0 spiro atoms. The van der Waals surface area contributed by atoms with E-state index in [1.54, 1.807) is 0 Å². The van der Waals surface area contributed by atoms with Crippen LogP contribution in [-0.4, -0.2) is 49.3 Å². The second-order valence-corrected chi connectivity index (χ2v) is 45.3. The Bertz CT molecular complexity index is 3850. The van der Waals surface area contributed by atoms with Crippen LogP contribution in [0.25, 0.3) is 0 Å². The predicted octanol–water partition coefficient (Wildman–Crippen LogP) is 18.9. The molecule has 0 aliphatic heterocycles. The molecule has 0 atom stereocenters. The quantitative estimate of drug-likeness (QED) is 0.0429. The van der Waals surface area contributed by atoms with Gasteiger partial charge < -0.3 is 0 Å². The van der Waals surface area contributed by atoms with Crippen LogP contribution in [0.2, 0.25) is 0 Å². The fraction of sp³-hybridized carbons (Fsp3) is 0.0769. The van der Waals surface area contributed by atoms with E-state index in [1.807, 2.05) is 0 Å². The molecule has 0 aliphatic carbocycles. The van der Waals surface area contributed by atoms with Crippen molar-refractivity contribution in [2.45, 2.75) is 0 Å². The smallest absolute Gasteiger partial charge is 0.0195 e. The van der Waals surface area contributed by atoms with Gasteiger partial charge in [-0.2, -0.15) is 0 Å². The van der Waals surface area contributed by atoms with E-state index in [4.69, 9.17) is 0 Å². The van der Waals surface area contributed by atoms with Gasteiger partial charge in [-0.25, -0.2) is 0 Å². The van der Waals surface area contributed by atoms with Gasteiger partial charge in [0.25, 0.3) is 0 Å². The average Bonchev–Trinajstić information content (AvgIpc) is 0.841. The Kier molecular flexibility index (Phi) is 37.7. The molecule has 0 unspecified atom stereocenters. The van der Waals surface area contributed by atoms with Gasteiger partial charge in [-0.1, -0.05) is 485 Å². The van der Waals surface area contributed by atoms with Crippen molar-refractivity contribution in [2.24, 2.45) is 0 Å². The average molecular weight is 1970 g/mol. The first kappa shape index (κ1) is 87.1. The summed E-state index contributed by atoms with van der Waals surface area (Å²) in [6.45, 7) is 0. The van der Waals surface area contributed by atoms with Gasteiger partial charge in [-0.3, -0.25) is 0 Å². The largest absolute Gasteiger partial charge is 0.0622 e. The molecule has 0 nitrogen and oxygen atoms in total. The molecule has 0 aromatic heterocycles. The minimum Gasteiger partial charge on any atom is -0.0622 e. The Morgan fingerprint density at radius 1 is 0.0877 bits per heavy atom. The van der Waals surface area contributed by atoms with Crippen LogP contribution < -0.4 is 84.9 Å². The molecule has 10 heteroatoms. The predicted molar refractivity (Wildman–Crippen MR) is 523 cm³/mol. The standard InChI is InChI=1S/4C26H24P2.2Re.8H/c4*1-5-13-23(14-6-1)27(24-15-7-2-8-16-24)21-22-28(25-17-9-3-10-18-25)26-19-11-4-12-20-26;;;;;;;;;;/h4*1-20H,21-22H2;;;;;;;;;;. The van der Waals surface area contributed by atoms with Crippen molar-refractivity contribution in [1.82, 2.24) is 0 Å². The van der Waals surface area contributed by atoms with E-state index in [2.05, 4.69) is 485 Å². The Hall–Kier alpha value is -7.72. The summed E-state index contributed by atoms with van der Waals surface area (Å²) in [7, 11) is -2.78. The van der Waals surface area contributed by atoms with Crippen LogP contribution >= 0.6 is 63.4 Å². The third-order valence-corrected chi connectivity index (χ3v) is 40.8. The first-order valence-corrected chi connectivity index (χ1v) is 50.9. The van der Waals surface area contributed by atoms with E-state index in [9.17, 15) is 0 Å². The van der Waals surface area contributed by atoms with Crippen LogP contribution in [-0.2, 0) is 40.8 Å². The molecule has 16 rings (SSSR count). The zero-order valence-electron chi connectivity index (χ0n) is 64.6. The van der Waals surface area contributed by atoms with E-state index in [-0.39, 0.29) is 104 Å². The van der Waals surface area contributed by atoms with E-state index in [0.717, 1.165) is 0 Å². The van der Waals surface area contributed by atoms with Gasteiger partial charge in [0, 0.05) is 0 Å². The summed E-state index contributed by atoms with van der Waals surface area (Å²) < 4.78 is 0. The summed E-state index contributed by atoms with van der Waals surface area (Å²) in [6.07, 6.45) is 9.66. The molecule has 16 aromatic carbocycles. The SMILES string of the molecule is [ReH4].[ReH4].c1ccc(P(CCP(c2ccccc2)c2ccccc2)c2ccccc2)cc1.c1ccc(P(CCP(c2ccccc2)c2ccccc2)c2ccccc2)cc1.c1ccc(P(CCP(c2ccccc2)c2ccccc2)c2ccccc2)cc1.c1ccc(P(CCP(c2ccccc2)c2ccccc2)c2ccccc2)cc1. The number of rotatable bonds is 28. The van der Waals surface area contributed by atoms with Crippen LogP contribution in [0.4, 0.5) is 0 Å². The Morgan fingerprint density at radius 2 is 0.140 bits per heavy atom. The second-order valence-electron chi connectivity index (χ2n) is 26.6. The van der Waals surface area contributed by atoms with Crippen LogP contribution in [0, 0.1) is 0 Å². The van der Waals surface area contributed by atoms with Crippen molar-refractivity contribution in [1.29, 1.82) is 0 Å². The molecule has 0 amide bonds. The maximum Gasteiger partial charge on any atom is -0.0195 e. The summed E-state index contributed by atoms with van der Waals surface area (Å²) >= 11 is 0. The number of hydrogen-bond donors (Lipinski definition) is 0. The van der Waals surface area contributed by atoms with E-state index in [0.29, 0.717) is 0 Å². The molecular weight excluding hydrogens is 1870 g/mol. The third-order valence-electron chi connectivity index (χ3n) is 19.3. The molecule has 2 radical (unpaired) electrons. The summed E-state index contributed by atoms with van der Waals surface area (Å²) in [5.74, 6) is 0. The maximum absolute atomic E-state index is 2.30. The minimum atomic E-state index is -0.348. The zero-order chi connectivity index (χ0) is 76.1. The van der Waals surface area contributed by atoms with Crippen LogP contribution in [0.1, 0.15) is 0 Å². The van der Waals surface area contributed by atoms with Gasteiger partial charge in [-0.05, 0) is 198 Å². The van der Waals surface area contributed by atoms with Gasteiger partial charge in [0.1, 0.15) is 0 Å². The fourth-order valence-electron chi connectivity index (χ4n) is 13.8. The van der Waals surface area contributed by atoms with Crippen LogP contribution in [0.5, 0.6) is 0 Å². The first-order chi connectivity index (χ1) is 55.7. The van der Waals surface area contributed by atoms with Gasteiger partial charge in [-0.15, -0.1) is 0 Å². The summed E-state index contributed by atoms with van der Waals surface area (Å²) in [4.78, 5) is 0. The molecule has 0 heterocycles. The van der Waals surface area contributed by atoms with E-state index >= 15 is 0 Å². The van der Waals surface area contributed by atoms with Gasteiger partial charge in [0.05, 0.1) is 0 Å². The van der Waals surface area contributed by atoms with Crippen LogP contribution in [0.3, 0.4) is 0 Å². The molecule has 0 aliphatic rings. The molecular formula is C104H104P8Re2. The topological polar surface area (TPSA) is 0 Å². The summed E-state index contributed by atoms with van der Waals surface area (Å²) in [5, 5.41) is 23.6. The molecule has 0 saturated carbocycles. The van der Waals surface area contributed by atoms with E-state index in [1.165, 1.54) is 134 Å². The molecule has 0 N–H and O–H groups in total. The Morgan fingerprint density at radius 3 is 0.193 bits per heavy atom. The minimum absolute atomic E-state index is 0. The molecule has 0 saturated heterocycles.